The van der Waals surface area contributed by atoms with Gasteiger partial charge in [-0.15, -0.1) is 9.05 Å². The van der Waals surface area contributed by atoms with Gasteiger partial charge in [0.05, 0.1) is 14.2 Å². The Hall–Kier alpha value is 0.0800. The van der Waals surface area contributed by atoms with Gasteiger partial charge in [0.25, 0.3) is 0 Å². The summed E-state index contributed by atoms with van der Waals surface area (Å²) in [6, 6.07) is 0. The van der Waals surface area contributed by atoms with E-state index < -0.39 is 16.1 Å². The minimum absolute atomic E-state index is 0.0162. The summed E-state index contributed by atoms with van der Waals surface area (Å²) in [4.78, 5) is 0. The van der Waals surface area contributed by atoms with Gasteiger partial charge < -0.3 is 5.11 Å². The van der Waals surface area contributed by atoms with Gasteiger partial charge in [-0.05, 0) is 9.13 Å². The van der Waals surface area contributed by atoms with Crippen molar-refractivity contribution in [1.82, 2.24) is 0 Å². The minimum Gasteiger partial charge on any atom is -0.400 e. The molecule has 2 unspecified atom stereocenters. The second-order valence-electron chi connectivity index (χ2n) is 1.17. The lowest BCUT2D eigenvalue weighted by molar-refractivity contribution is 0.399. The molecule has 0 aromatic heterocycles. The molecule has 0 spiro atoms. The predicted molar refractivity (Wildman–Crippen MR) is 42.2 cm³/mol. The summed E-state index contributed by atoms with van der Waals surface area (Å²) in [5, 5.41) is 7.00. The van der Waals surface area contributed by atoms with Crippen LogP contribution in [0.4, 0.5) is 0 Å². The highest BCUT2D eigenvalue weighted by atomic mass is 31.2. The number of rotatable bonds is 4. The molecule has 0 heterocycles. The van der Waals surface area contributed by atoms with E-state index in [0.717, 1.165) is 7.11 Å². The fourth-order valence-corrected chi connectivity index (χ4v) is 1.89. The molecule has 0 saturated carbocycles. The molecule has 11 heavy (non-hydrogen) atoms. The Bertz CT molecular complexity index is 112. The maximum absolute atomic E-state index is 10.4. The average Bonchev–Trinajstić information content (AvgIpc) is 2.07. The molecule has 0 saturated heterocycles. The molecule has 0 rings (SSSR count). The van der Waals surface area contributed by atoms with Crippen molar-refractivity contribution in [1.29, 1.82) is 0 Å². The third-order valence-electron chi connectivity index (χ3n) is 0.638. The monoisotopic (exact) mass is 202 g/mol. The van der Waals surface area contributed by atoms with Crippen LogP contribution in [0.5, 0.6) is 0 Å². The second-order valence-corrected chi connectivity index (χ2v) is 4.36. The Balaban J connectivity index is 0. The molecular formula is C4H12O5P2+2. The minimum atomic E-state index is -1.78. The first-order valence-electron chi connectivity index (χ1n) is 2.63. The number of hydrogen-bond donors (Lipinski definition) is 1. The van der Waals surface area contributed by atoms with E-state index in [-0.39, 0.29) is 5.90 Å². The van der Waals surface area contributed by atoms with Crippen molar-refractivity contribution in [3.8, 4) is 0 Å². The molecule has 0 radical (unpaired) electrons. The molecule has 0 aromatic rings. The van der Waals surface area contributed by atoms with Gasteiger partial charge in [-0.3, -0.25) is 0 Å². The summed E-state index contributed by atoms with van der Waals surface area (Å²) < 4.78 is 29.6. The Morgan fingerprint density at radius 3 is 1.55 bits per heavy atom. The molecule has 0 amide bonds. The topological polar surface area (TPSA) is 72.8 Å². The predicted octanol–water partition coefficient (Wildman–Crippen LogP) is 1.33. The van der Waals surface area contributed by atoms with E-state index in [0.29, 0.717) is 0 Å². The molecular weight excluding hydrogens is 190 g/mol. The van der Waals surface area contributed by atoms with Crippen molar-refractivity contribution in [3.63, 3.8) is 0 Å². The summed E-state index contributed by atoms with van der Waals surface area (Å²) in [7, 11) is 0.0417. The lowest BCUT2D eigenvalue weighted by Gasteiger charge is -1.70. The molecule has 0 aliphatic rings. The highest BCUT2D eigenvalue weighted by Gasteiger charge is 2.32. The lowest BCUT2D eigenvalue weighted by atomic mass is 11.8. The van der Waals surface area contributed by atoms with E-state index in [1.54, 1.807) is 0 Å². The van der Waals surface area contributed by atoms with Crippen molar-refractivity contribution < 1.29 is 23.3 Å². The molecule has 0 aliphatic carbocycles. The molecule has 0 bridgehead atoms. The average molecular weight is 202 g/mol. The van der Waals surface area contributed by atoms with E-state index >= 15 is 0 Å². The van der Waals surface area contributed by atoms with Crippen molar-refractivity contribution >= 4 is 16.1 Å². The highest BCUT2D eigenvalue weighted by molar-refractivity contribution is 7.57. The molecule has 2 atom stereocenters. The Labute approximate surface area is 67.4 Å². The molecule has 1 N–H and O–H groups in total. The summed E-state index contributed by atoms with van der Waals surface area (Å²) >= 11 is 0. The maximum atomic E-state index is 10.4. The summed E-state index contributed by atoms with van der Waals surface area (Å²) in [5.41, 5.74) is 0. The van der Waals surface area contributed by atoms with Gasteiger partial charge in [0.1, 0.15) is 0 Å². The van der Waals surface area contributed by atoms with Crippen LogP contribution in [0.25, 0.3) is 0 Å². The first-order valence-corrected chi connectivity index (χ1v) is 5.35. The zero-order chi connectivity index (χ0) is 9.28. The Morgan fingerprint density at radius 1 is 1.09 bits per heavy atom. The van der Waals surface area contributed by atoms with Crippen LogP contribution in [0.1, 0.15) is 0 Å². The van der Waals surface area contributed by atoms with Crippen LogP contribution >= 0.6 is 16.1 Å². The fourth-order valence-electron chi connectivity index (χ4n) is 0.210. The smallest absolute Gasteiger partial charge is 0.400 e. The summed E-state index contributed by atoms with van der Waals surface area (Å²) in [6.45, 7) is 0. The van der Waals surface area contributed by atoms with Crippen LogP contribution in [0.3, 0.4) is 0 Å². The summed E-state index contributed by atoms with van der Waals surface area (Å²) in [5.74, 6) is -0.0162. The number of aliphatic hydroxyl groups is 1. The van der Waals surface area contributed by atoms with Crippen LogP contribution in [-0.4, -0.2) is 32.3 Å². The van der Waals surface area contributed by atoms with Crippen molar-refractivity contribution in [2.45, 2.75) is 0 Å². The Kier molecular flexibility index (Phi) is 12.5. The Morgan fingerprint density at radius 2 is 1.36 bits per heavy atom. The second kappa shape index (κ2) is 10.1. The molecule has 66 valence electrons. The van der Waals surface area contributed by atoms with Gasteiger partial charge in [-0.25, -0.2) is 0 Å². The van der Waals surface area contributed by atoms with Gasteiger partial charge in [-0.1, -0.05) is 0 Å². The molecule has 0 aliphatic heterocycles. The van der Waals surface area contributed by atoms with E-state index in [1.165, 1.54) is 14.2 Å². The zero-order valence-corrected chi connectivity index (χ0v) is 8.47. The third-order valence-corrected chi connectivity index (χ3v) is 3.30. The van der Waals surface area contributed by atoms with E-state index in [4.69, 9.17) is 5.11 Å². The molecule has 5 nitrogen and oxygen atoms in total. The van der Waals surface area contributed by atoms with Gasteiger partial charge >= 0.3 is 22.0 Å². The van der Waals surface area contributed by atoms with Gasteiger partial charge in [-0.2, -0.15) is 0 Å². The maximum Gasteiger partial charge on any atom is 0.563 e. The zero-order valence-electron chi connectivity index (χ0n) is 6.68. The van der Waals surface area contributed by atoms with Crippen LogP contribution in [-0.2, 0) is 18.2 Å². The van der Waals surface area contributed by atoms with E-state index in [1.807, 2.05) is 0 Å². The van der Waals surface area contributed by atoms with Crippen molar-refractivity contribution in [2.24, 2.45) is 0 Å². The lowest BCUT2D eigenvalue weighted by Crippen LogP contribution is -1.74. The van der Waals surface area contributed by atoms with Crippen LogP contribution < -0.4 is 0 Å². The van der Waals surface area contributed by atoms with Gasteiger partial charge in [0, 0.05) is 7.11 Å². The first kappa shape index (κ1) is 13.7. The van der Waals surface area contributed by atoms with Gasteiger partial charge in [0.2, 0.25) is 0 Å². The quantitative estimate of drug-likeness (QED) is 0.696. The van der Waals surface area contributed by atoms with Crippen LogP contribution in [0, 0.1) is 0 Å². The molecule has 7 heteroatoms. The fraction of sp³-hybridized carbons (Fsp3) is 1.00. The largest absolute Gasteiger partial charge is 0.563 e. The van der Waals surface area contributed by atoms with Gasteiger partial charge in [0.15, 0.2) is 0 Å². The number of hydrogen-bond acceptors (Lipinski definition) is 5. The first-order chi connectivity index (χ1) is 5.20. The molecule has 0 aromatic carbocycles. The highest BCUT2D eigenvalue weighted by Crippen LogP contribution is 2.35. The van der Waals surface area contributed by atoms with E-state index in [9.17, 15) is 9.13 Å². The third kappa shape index (κ3) is 10.1. The van der Waals surface area contributed by atoms with Crippen molar-refractivity contribution in [2.75, 3.05) is 27.2 Å². The normalized spacial score (nSPS) is 11.3. The summed E-state index contributed by atoms with van der Waals surface area (Å²) in [6.07, 6.45) is 0. The van der Waals surface area contributed by atoms with Crippen molar-refractivity contribution in [3.05, 3.63) is 0 Å². The van der Waals surface area contributed by atoms with Crippen LogP contribution in [0.15, 0.2) is 0 Å². The standard InChI is InChI=1S/C3H8O4P2.CH4O/c1-6-8(4)3-9(5)7-2;1-2/h3H2,1-2H3;2H,1H3/q+2;. The molecule has 0 fully saturated rings. The number of aliphatic hydroxyl groups excluding tert-OH is 1. The SMILES string of the molecule is CO.CO[P+](=O)C[P+](=O)OC. The van der Waals surface area contributed by atoms with E-state index in [2.05, 4.69) is 9.05 Å². The van der Waals surface area contributed by atoms with Crippen LogP contribution in [0.2, 0.25) is 0 Å².